The van der Waals surface area contributed by atoms with Crippen LogP contribution < -0.4 is 0 Å². The van der Waals surface area contributed by atoms with E-state index in [1.807, 2.05) is 11.4 Å². The van der Waals surface area contributed by atoms with E-state index in [9.17, 15) is 9.00 Å². The van der Waals surface area contributed by atoms with Gasteiger partial charge >= 0.3 is 0 Å². The van der Waals surface area contributed by atoms with Crippen molar-refractivity contribution in [1.29, 1.82) is 0 Å². The molecule has 0 saturated carbocycles. The molecule has 2 heterocycles. The molecule has 88 valence electrons. The molecule has 6 heteroatoms. The van der Waals surface area contributed by atoms with Crippen molar-refractivity contribution in [2.45, 2.75) is 0 Å². The predicted octanol–water partition coefficient (Wildman–Crippen LogP) is 1.76. The maximum Gasteiger partial charge on any atom is 0.187 e. The summed E-state index contributed by atoms with van der Waals surface area (Å²) in [6.45, 7) is 1.97. The van der Waals surface area contributed by atoms with Crippen LogP contribution in [0.15, 0.2) is 15.9 Å². The van der Waals surface area contributed by atoms with Gasteiger partial charge in [0.1, 0.15) is 0 Å². The minimum absolute atomic E-state index is 0.148. The van der Waals surface area contributed by atoms with Crippen molar-refractivity contribution in [2.75, 3.05) is 31.1 Å². The molecule has 0 radical (unpaired) electrons. The lowest BCUT2D eigenvalue weighted by Crippen LogP contribution is -2.40. The third-order valence-corrected chi connectivity index (χ3v) is 5.66. The van der Waals surface area contributed by atoms with E-state index >= 15 is 0 Å². The first-order chi connectivity index (χ1) is 7.66. The third-order valence-electron chi connectivity index (χ3n) is 2.51. The summed E-state index contributed by atoms with van der Waals surface area (Å²) in [6, 6.07) is 1.89. The van der Waals surface area contributed by atoms with Gasteiger partial charge in [-0.25, -0.2) is 0 Å². The highest BCUT2D eigenvalue weighted by Gasteiger charge is 2.19. The Hall–Kier alpha value is -0.0400. The number of thiophene rings is 1. The summed E-state index contributed by atoms with van der Waals surface area (Å²) in [5.41, 5.74) is 0. The number of hydrogen-bond donors (Lipinski definition) is 0. The van der Waals surface area contributed by atoms with E-state index in [0.717, 1.165) is 22.4 Å². The van der Waals surface area contributed by atoms with Crippen molar-refractivity contribution in [3.05, 3.63) is 20.8 Å². The van der Waals surface area contributed by atoms with E-state index in [0.29, 0.717) is 18.1 Å². The first kappa shape index (κ1) is 12.4. The molecular weight excluding hydrogens is 310 g/mol. The molecule has 2 rings (SSSR count). The zero-order valence-corrected chi connectivity index (χ0v) is 11.9. The van der Waals surface area contributed by atoms with Gasteiger partial charge in [-0.1, -0.05) is 0 Å². The minimum atomic E-state index is -0.676. The van der Waals surface area contributed by atoms with Gasteiger partial charge in [0.15, 0.2) is 5.78 Å². The van der Waals surface area contributed by atoms with Crippen LogP contribution in [0.5, 0.6) is 0 Å². The van der Waals surface area contributed by atoms with Gasteiger partial charge in [-0.2, -0.15) is 0 Å². The number of halogens is 1. The van der Waals surface area contributed by atoms with Crippen LogP contribution in [0.2, 0.25) is 0 Å². The van der Waals surface area contributed by atoms with Gasteiger partial charge in [0.2, 0.25) is 0 Å². The molecule has 0 atom stereocenters. The molecule has 1 aromatic rings. The van der Waals surface area contributed by atoms with Crippen molar-refractivity contribution in [3.63, 3.8) is 0 Å². The highest BCUT2D eigenvalue weighted by Crippen LogP contribution is 2.23. The fraction of sp³-hybridized carbons (Fsp3) is 0.500. The Labute approximate surface area is 109 Å². The molecule has 0 aromatic carbocycles. The molecule has 0 N–H and O–H groups in total. The molecule has 16 heavy (non-hydrogen) atoms. The number of ketones is 1. The van der Waals surface area contributed by atoms with Crippen LogP contribution in [-0.2, 0) is 10.8 Å². The predicted molar refractivity (Wildman–Crippen MR) is 70.7 cm³/mol. The number of Topliss-reactive ketones (excluding diaryl/α,β-unsaturated/α-hetero) is 1. The van der Waals surface area contributed by atoms with Crippen LogP contribution in [-0.4, -0.2) is 46.0 Å². The lowest BCUT2D eigenvalue weighted by Gasteiger charge is -2.24. The van der Waals surface area contributed by atoms with E-state index in [1.54, 1.807) is 0 Å². The van der Waals surface area contributed by atoms with Gasteiger partial charge in [-0.05, 0) is 27.4 Å². The molecule has 0 bridgehead atoms. The molecule has 1 aliphatic rings. The highest BCUT2D eigenvalue weighted by atomic mass is 79.9. The number of nitrogens with zero attached hydrogens (tertiary/aromatic N) is 1. The number of carbonyl (C=O) groups is 1. The molecule has 1 fully saturated rings. The van der Waals surface area contributed by atoms with Crippen molar-refractivity contribution < 1.29 is 9.00 Å². The fourth-order valence-electron chi connectivity index (χ4n) is 1.60. The summed E-state index contributed by atoms with van der Waals surface area (Å²) in [5.74, 6) is 1.53. The molecule has 1 aromatic heterocycles. The van der Waals surface area contributed by atoms with Crippen molar-refractivity contribution in [2.24, 2.45) is 0 Å². The molecule has 1 saturated heterocycles. The summed E-state index contributed by atoms with van der Waals surface area (Å²) < 4.78 is 12.0. The molecule has 0 unspecified atom stereocenters. The van der Waals surface area contributed by atoms with E-state index in [1.165, 1.54) is 11.3 Å². The number of carbonyl (C=O) groups excluding carboxylic acids is 1. The van der Waals surface area contributed by atoms with Crippen molar-refractivity contribution in [1.82, 2.24) is 4.90 Å². The van der Waals surface area contributed by atoms with Crippen molar-refractivity contribution in [3.8, 4) is 0 Å². The van der Waals surface area contributed by atoms with Gasteiger partial charge in [-0.15, -0.1) is 11.3 Å². The molecule has 1 aliphatic heterocycles. The maximum absolute atomic E-state index is 11.9. The average Bonchev–Trinajstić information content (AvgIpc) is 2.68. The Morgan fingerprint density at radius 3 is 2.75 bits per heavy atom. The summed E-state index contributed by atoms with van der Waals surface area (Å²) in [7, 11) is -0.676. The fourth-order valence-corrected chi connectivity index (χ4v) is 4.25. The minimum Gasteiger partial charge on any atom is -0.294 e. The second kappa shape index (κ2) is 5.53. The Morgan fingerprint density at radius 2 is 2.19 bits per heavy atom. The standard InChI is InChI=1S/C10H12BrNO2S2/c11-8-1-4-15-10(8)9(13)7-12-2-5-16(14)6-3-12/h1,4H,2-3,5-7H2. The van der Waals surface area contributed by atoms with Gasteiger partial charge in [0, 0.05) is 39.9 Å². The van der Waals surface area contributed by atoms with Gasteiger partial charge in [-0.3, -0.25) is 13.9 Å². The maximum atomic E-state index is 11.9. The zero-order chi connectivity index (χ0) is 11.5. The molecule has 0 amide bonds. The second-order valence-corrected chi connectivity index (χ2v) is 7.11. The quantitative estimate of drug-likeness (QED) is 0.796. The molecule has 3 nitrogen and oxygen atoms in total. The number of hydrogen-bond acceptors (Lipinski definition) is 4. The summed E-state index contributed by atoms with van der Waals surface area (Å²) in [5, 5.41) is 1.91. The van der Waals surface area contributed by atoms with Gasteiger partial charge in [0.05, 0.1) is 11.4 Å². The molecule has 0 aliphatic carbocycles. The van der Waals surface area contributed by atoms with Crippen LogP contribution in [0.25, 0.3) is 0 Å². The Kier molecular flexibility index (Phi) is 4.29. The Morgan fingerprint density at radius 1 is 1.50 bits per heavy atom. The molecule has 0 spiro atoms. The second-order valence-electron chi connectivity index (χ2n) is 3.65. The topological polar surface area (TPSA) is 37.4 Å². The normalized spacial score (nSPS) is 18.8. The monoisotopic (exact) mass is 321 g/mol. The largest absolute Gasteiger partial charge is 0.294 e. The first-order valence-electron chi connectivity index (χ1n) is 5.00. The smallest absolute Gasteiger partial charge is 0.187 e. The van der Waals surface area contributed by atoms with E-state index in [2.05, 4.69) is 20.8 Å². The summed E-state index contributed by atoms with van der Waals surface area (Å²) >= 11 is 4.83. The lowest BCUT2D eigenvalue weighted by molar-refractivity contribution is 0.0940. The summed E-state index contributed by atoms with van der Waals surface area (Å²) in [4.78, 5) is 14.8. The van der Waals surface area contributed by atoms with Crippen molar-refractivity contribution >= 4 is 43.8 Å². The first-order valence-corrected chi connectivity index (χ1v) is 8.16. The van der Waals surface area contributed by atoms with Gasteiger partial charge < -0.3 is 0 Å². The summed E-state index contributed by atoms with van der Waals surface area (Å²) in [6.07, 6.45) is 0. The van der Waals surface area contributed by atoms with Crippen LogP contribution in [0.3, 0.4) is 0 Å². The van der Waals surface area contributed by atoms with Gasteiger partial charge in [0.25, 0.3) is 0 Å². The average molecular weight is 322 g/mol. The molecular formula is C10H12BrNO2S2. The number of rotatable bonds is 3. The van der Waals surface area contributed by atoms with Crippen LogP contribution >= 0.6 is 27.3 Å². The van der Waals surface area contributed by atoms with E-state index in [4.69, 9.17) is 0 Å². The lowest BCUT2D eigenvalue weighted by atomic mass is 10.3. The SMILES string of the molecule is O=C(CN1CCS(=O)CC1)c1sccc1Br. The third kappa shape index (κ3) is 3.00. The van der Waals surface area contributed by atoms with Crippen LogP contribution in [0.1, 0.15) is 9.67 Å². The Balaban J connectivity index is 1.93. The zero-order valence-electron chi connectivity index (χ0n) is 8.65. The Bertz CT molecular complexity index is 409. The van der Waals surface area contributed by atoms with Crippen LogP contribution in [0.4, 0.5) is 0 Å². The van der Waals surface area contributed by atoms with E-state index < -0.39 is 10.8 Å². The highest BCUT2D eigenvalue weighted by molar-refractivity contribution is 9.10. The van der Waals surface area contributed by atoms with E-state index in [-0.39, 0.29) is 5.78 Å². The van der Waals surface area contributed by atoms with Crippen LogP contribution in [0, 0.1) is 0 Å².